The zero-order chi connectivity index (χ0) is 14.7. The maximum absolute atomic E-state index is 13.7. The molecule has 3 N–H and O–H groups in total. The van der Waals surface area contributed by atoms with Crippen molar-refractivity contribution in [3.63, 3.8) is 0 Å². The number of ether oxygens (including phenoxy) is 1. The van der Waals surface area contributed by atoms with E-state index in [4.69, 9.17) is 22.1 Å². The summed E-state index contributed by atoms with van der Waals surface area (Å²) in [6, 6.07) is 6.85. The van der Waals surface area contributed by atoms with Gasteiger partial charge in [0.25, 0.3) is 0 Å². The lowest BCUT2D eigenvalue weighted by molar-refractivity contribution is 0.321. The van der Waals surface area contributed by atoms with Crippen molar-refractivity contribution in [3.05, 3.63) is 47.0 Å². The summed E-state index contributed by atoms with van der Waals surface area (Å²) in [5, 5.41) is 2.82. The molecule has 0 aromatic heterocycles. The lowest BCUT2D eigenvalue weighted by atomic mass is 10.2. The molecule has 0 saturated heterocycles. The Morgan fingerprint density at radius 1 is 1.20 bits per heavy atom. The number of hydrogen-bond donors (Lipinski definition) is 2. The second kappa shape index (κ2) is 5.96. The van der Waals surface area contributed by atoms with Crippen molar-refractivity contribution in [1.29, 1.82) is 0 Å². The van der Waals surface area contributed by atoms with Gasteiger partial charge in [-0.25, -0.2) is 8.78 Å². The average molecular weight is 299 g/mol. The second-order valence-electron chi connectivity index (χ2n) is 4.06. The molecule has 6 heteroatoms. The molecular formula is C14H13ClF2N2O. The van der Waals surface area contributed by atoms with E-state index >= 15 is 0 Å². The maximum Gasteiger partial charge on any atom is 0.167 e. The highest BCUT2D eigenvalue weighted by molar-refractivity contribution is 6.31. The van der Waals surface area contributed by atoms with Crippen molar-refractivity contribution >= 4 is 28.7 Å². The van der Waals surface area contributed by atoms with Gasteiger partial charge < -0.3 is 15.8 Å². The van der Waals surface area contributed by atoms with Crippen LogP contribution in [0.2, 0.25) is 5.02 Å². The fourth-order valence-electron chi connectivity index (χ4n) is 1.68. The molecule has 2 rings (SSSR count). The molecule has 0 aliphatic rings. The highest BCUT2D eigenvalue weighted by Crippen LogP contribution is 2.30. The third kappa shape index (κ3) is 3.11. The van der Waals surface area contributed by atoms with Crippen molar-refractivity contribution in [2.45, 2.75) is 6.92 Å². The number of halogens is 3. The van der Waals surface area contributed by atoms with Crippen LogP contribution in [0.4, 0.5) is 25.8 Å². The van der Waals surface area contributed by atoms with E-state index in [1.807, 2.05) is 0 Å². The standard InChI is InChI=1S/C14H13ClF2N2O/c1-2-20-14-4-3-8(5-11(14)17)19-13-6-9(15)10(16)7-12(13)18/h3-7,19H,2,18H2,1H3. The van der Waals surface area contributed by atoms with Crippen LogP contribution >= 0.6 is 11.6 Å². The molecule has 0 fully saturated rings. The summed E-state index contributed by atoms with van der Waals surface area (Å²) in [6.07, 6.45) is 0. The first-order chi connectivity index (χ1) is 9.51. The monoisotopic (exact) mass is 298 g/mol. The van der Waals surface area contributed by atoms with E-state index in [0.29, 0.717) is 18.0 Å². The highest BCUT2D eigenvalue weighted by Gasteiger charge is 2.08. The lowest BCUT2D eigenvalue weighted by Crippen LogP contribution is -1.99. The third-order valence-electron chi connectivity index (χ3n) is 2.60. The molecule has 0 saturated carbocycles. The zero-order valence-electron chi connectivity index (χ0n) is 10.7. The van der Waals surface area contributed by atoms with Crippen LogP contribution in [0.15, 0.2) is 30.3 Å². The number of nitrogens with one attached hydrogen (secondary N) is 1. The van der Waals surface area contributed by atoms with E-state index in [2.05, 4.69) is 5.32 Å². The molecule has 2 aromatic carbocycles. The highest BCUT2D eigenvalue weighted by atomic mass is 35.5. The molecule has 0 heterocycles. The van der Waals surface area contributed by atoms with Gasteiger partial charge in [-0.05, 0) is 25.1 Å². The Balaban J connectivity index is 2.26. The molecule has 0 amide bonds. The Morgan fingerprint density at radius 3 is 2.60 bits per heavy atom. The van der Waals surface area contributed by atoms with Crippen LogP contribution in [0.1, 0.15) is 6.92 Å². The van der Waals surface area contributed by atoms with Crippen molar-refractivity contribution in [1.82, 2.24) is 0 Å². The molecule has 20 heavy (non-hydrogen) atoms. The van der Waals surface area contributed by atoms with Crippen molar-refractivity contribution < 1.29 is 13.5 Å². The van der Waals surface area contributed by atoms with Crippen LogP contribution in [0.25, 0.3) is 0 Å². The molecule has 0 bridgehead atoms. The van der Waals surface area contributed by atoms with Crippen LogP contribution < -0.4 is 15.8 Å². The average Bonchev–Trinajstić information content (AvgIpc) is 2.39. The Kier molecular flexibility index (Phi) is 4.29. The Hall–Kier alpha value is -2.01. The Bertz CT molecular complexity index is 635. The largest absolute Gasteiger partial charge is 0.491 e. The number of nitrogens with two attached hydrogens (primary N) is 1. The van der Waals surface area contributed by atoms with Crippen LogP contribution in [0.3, 0.4) is 0 Å². The maximum atomic E-state index is 13.7. The first kappa shape index (κ1) is 14.4. The first-order valence-corrected chi connectivity index (χ1v) is 6.33. The molecule has 106 valence electrons. The fourth-order valence-corrected chi connectivity index (χ4v) is 1.84. The van der Waals surface area contributed by atoms with Crippen LogP contribution in [-0.4, -0.2) is 6.61 Å². The zero-order valence-corrected chi connectivity index (χ0v) is 11.5. The predicted octanol–water partition coefficient (Wildman–Crippen LogP) is 4.34. The SMILES string of the molecule is CCOc1ccc(Nc2cc(Cl)c(F)cc2N)cc1F. The van der Waals surface area contributed by atoms with Gasteiger partial charge >= 0.3 is 0 Å². The van der Waals surface area contributed by atoms with E-state index in [1.165, 1.54) is 18.2 Å². The molecule has 0 radical (unpaired) electrons. The van der Waals surface area contributed by atoms with Gasteiger partial charge in [-0.15, -0.1) is 0 Å². The summed E-state index contributed by atoms with van der Waals surface area (Å²) in [7, 11) is 0. The molecule has 0 unspecified atom stereocenters. The van der Waals surface area contributed by atoms with Crippen molar-refractivity contribution in [2.75, 3.05) is 17.7 Å². The first-order valence-electron chi connectivity index (χ1n) is 5.95. The summed E-state index contributed by atoms with van der Waals surface area (Å²) in [5.41, 5.74) is 6.72. The van der Waals surface area contributed by atoms with Crippen molar-refractivity contribution in [2.24, 2.45) is 0 Å². The van der Waals surface area contributed by atoms with E-state index in [-0.39, 0.29) is 16.5 Å². The summed E-state index contributed by atoms with van der Waals surface area (Å²) in [5.74, 6) is -0.931. The topological polar surface area (TPSA) is 47.3 Å². The smallest absolute Gasteiger partial charge is 0.167 e. The van der Waals surface area contributed by atoms with Gasteiger partial charge in [0, 0.05) is 17.8 Å². The minimum absolute atomic E-state index is 0.0619. The molecule has 2 aromatic rings. The molecule has 0 aliphatic carbocycles. The summed E-state index contributed by atoms with van der Waals surface area (Å²) >= 11 is 5.69. The van der Waals surface area contributed by atoms with E-state index in [0.717, 1.165) is 6.07 Å². The normalized spacial score (nSPS) is 10.4. The third-order valence-corrected chi connectivity index (χ3v) is 2.89. The number of hydrogen-bond acceptors (Lipinski definition) is 3. The molecule has 0 aliphatic heterocycles. The van der Waals surface area contributed by atoms with Crippen LogP contribution in [0.5, 0.6) is 5.75 Å². The number of anilines is 3. The summed E-state index contributed by atoms with van der Waals surface area (Å²) < 4.78 is 32.0. The second-order valence-corrected chi connectivity index (χ2v) is 4.46. The Morgan fingerprint density at radius 2 is 1.95 bits per heavy atom. The fraction of sp³-hybridized carbons (Fsp3) is 0.143. The van der Waals surface area contributed by atoms with Crippen LogP contribution in [0, 0.1) is 11.6 Å². The van der Waals surface area contributed by atoms with Crippen LogP contribution in [-0.2, 0) is 0 Å². The predicted molar refractivity (Wildman–Crippen MR) is 76.7 cm³/mol. The molecule has 0 atom stereocenters. The van der Waals surface area contributed by atoms with Gasteiger partial charge in [0.05, 0.1) is 23.0 Å². The van der Waals surface area contributed by atoms with Gasteiger partial charge in [-0.3, -0.25) is 0 Å². The Labute approximate surface area is 120 Å². The number of benzene rings is 2. The summed E-state index contributed by atoms with van der Waals surface area (Å²) in [6.45, 7) is 2.15. The molecule has 3 nitrogen and oxygen atoms in total. The van der Waals surface area contributed by atoms with E-state index in [9.17, 15) is 8.78 Å². The minimum atomic E-state index is -0.604. The lowest BCUT2D eigenvalue weighted by Gasteiger charge is -2.12. The molecule has 0 spiro atoms. The summed E-state index contributed by atoms with van der Waals surface area (Å²) in [4.78, 5) is 0. The number of rotatable bonds is 4. The van der Waals surface area contributed by atoms with Gasteiger partial charge in [0.1, 0.15) is 5.82 Å². The van der Waals surface area contributed by atoms with Gasteiger partial charge in [0.15, 0.2) is 11.6 Å². The van der Waals surface area contributed by atoms with Gasteiger partial charge in [-0.1, -0.05) is 11.6 Å². The van der Waals surface area contributed by atoms with Crippen molar-refractivity contribution in [3.8, 4) is 5.75 Å². The van der Waals surface area contributed by atoms with Gasteiger partial charge in [0.2, 0.25) is 0 Å². The quantitative estimate of drug-likeness (QED) is 0.825. The molecular weight excluding hydrogens is 286 g/mol. The van der Waals surface area contributed by atoms with E-state index in [1.54, 1.807) is 13.0 Å². The van der Waals surface area contributed by atoms with E-state index < -0.39 is 11.6 Å². The minimum Gasteiger partial charge on any atom is -0.491 e. The van der Waals surface area contributed by atoms with Gasteiger partial charge in [-0.2, -0.15) is 0 Å². The number of nitrogen functional groups attached to an aromatic ring is 1.